The molecule has 3 rings (SSSR count). The topological polar surface area (TPSA) is 94.0 Å². The molecule has 0 spiro atoms. The highest BCUT2D eigenvalue weighted by Crippen LogP contribution is 2.37. The van der Waals surface area contributed by atoms with E-state index in [1.54, 1.807) is 6.07 Å². The van der Waals surface area contributed by atoms with Crippen LogP contribution in [-0.2, 0) is 5.54 Å². The molecule has 0 aliphatic heterocycles. The van der Waals surface area contributed by atoms with Crippen LogP contribution in [0.25, 0.3) is 0 Å². The fourth-order valence-corrected chi connectivity index (χ4v) is 3.45. The van der Waals surface area contributed by atoms with Gasteiger partial charge in [0.15, 0.2) is 5.82 Å². The number of halogens is 2. The number of carbonyl (C=O) groups is 1. The molecule has 1 fully saturated rings. The highest BCUT2D eigenvalue weighted by molar-refractivity contribution is 9.11. The first-order valence-corrected chi connectivity index (χ1v) is 8.28. The number of nitrogens with one attached hydrogen (secondary N) is 1. The Balaban J connectivity index is 0.00000176. The molecule has 2 heterocycles. The monoisotopic (exact) mass is 406 g/mol. The normalized spacial score (nSPS) is 17.2. The van der Waals surface area contributed by atoms with E-state index in [2.05, 4.69) is 31.4 Å². The highest BCUT2D eigenvalue weighted by atomic mass is 79.9. The van der Waals surface area contributed by atoms with Gasteiger partial charge in [0.1, 0.15) is 6.04 Å². The first-order valence-electron chi connectivity index (χ1n) is 6.67. The van der Waals surface area contributed by atoms with Crippen LogP contribution in [0.15, 0.2) is 20.4 Å². The number of nitrogens with zero attached hydrogens (tertiary/aromatic N) is 2. The van der Waals surface area contributed by atoms with Crippen molar-refractivity contribution in [3.63, 3.8) is 0 Å². The van der Waals surface area contributed by atoms with Gasteiger partial charge in [-0.05, 0) is 54.2 Å². The molecule has 120 valence electrons. The van der Waals surface area contributed by atoms with Crippen molar-refractivity contribution in [3.8, 4) is 0 Å². The smallest absolute Gasteiger partial charge is 0.262 e. The van der Waals surface area contributed by atoms with Gasteiger partial charge in [-0.2, -0.15) is 4.98 Å². The van der Waals surface area contributed by atoms with Gasteiger partial charge >= 0.3 is 0 Å². The van der Waals surface area contributed by atoms with Gasteiger partial charge < -0.3 is 15.6 Å². The van der Waals surface area contributed by atoms with Crippen molar-refractivity contribution in [2.24, 2.45) is 5.73 Å². The number of hydrogen-bond donors (Lipinski definition) is 2. The number of rotatable bonds is 4. The number of carbonyl (C=O) groups excluding carboxylic acids is 1. The third-order valence-corrected chi connectivity index (χ3v) is 5.27. The average Bonchev–Trinajstić information content (AvgIpc) is 3.04. The van der Waals surface area contributed by atoms with E-state index in [9.17, 15) is 4.79 Å². The predicted molar refractivity (Wildman–Crippen MR) is 89.2 cm³/mol. The van der Waals surface area contributed by atoms with E-state index >= 15 is 0 Å². The summed E-state index contributed by atoms with van der Waals surface area (Å²) in [5.74, 6) is 0.749. The van der Waals surface area contributed by atoms with Gasteiger partial charge in [-0.1, -0.05) is 5.16 Å². The molecule has 0 bridgehead atoms. The fourth-order valence-electron chi connectivity index (χ4n) is 2.16. The molecule has 22 heavy (non-hydrogen) atoms. The van der Waals surface area contributed by atoms with Gasteiger partial charge in [0.25, 0.3) is 5.91 Å². The molecule has 9 heteroatoms. The van der Waals surface area contributed by atoms with E-state index in [-0.39, 0.29) is 24.4 Å². The van der Waals surface area contributed by atoms with Gasteiger partial charge in [0.2, 0.25) is 5.89 Å². The zero-order valence-electron chi connectivity index (χ0n) is 11.8. The first-order chi connectivity index (χ1) is 9.98. The second-order valence-electron chi connectivity index (χ2n) is 5.26. The molecule has 0 aromatic carbocycles. The third kappa shape index (κ3) is 3.34. The Labute approximate surface area is 146 Å². The summed E-state index contributed by atoms with van der Waals surface area (Å²) < 4.78 is 6.14. The van der Waals surface area contributed by atoms with Crippen LogP contribution in [0.2, 0.25) is 0 Å². The lowest BCUT2D eigenvalue weighted by molar-refractivity contribution is 0.0936. The summed E-state index contributed by atoms with van der Waals surface area (Å²) in [5.41, 5.74) is 5.70. The maximum atomic E-state index is 12.1. The molecular weight excluding hydrogens is 392 g/mol. The van der Waals surface area contributed by atoms with Crippen LogP contribution in [0.1, 0.15) is 53.6 Å². The van der Waals surface area contributed by atoms with E-state index < -0.39 is 5.54 Å². The van der Waals surface area contributed by atoms with Crippen molar-refractivity contribution in [3.05, 3.63) is 32.5 Å². The van der Waals surface area contributed by atoms with Crippen molar-refractivity contribution in [2.75, 3.05) is 0 Å². The van der Waals surface area contributed by atoms with Crippen molar-refractivity contribution < 1.29 is 9.32 Å². The summed E-state index contributed by atoms with van der Waals surface area (Å²) in [5, 5.41) is 6.79. The van der Waals surface area contributed by atoms with Crippen molar-refractivity contribution in [1.82, 2.24) is 15.5 Å². The Kier molecular flexibility index (Phi) is 5.26. The highest BCUT2D eigenvalue weighted by Gasteiger charge is 2.39. The minimum absolute atomic E-state index is 0. The van der Waals surface area contributed by atoms with Crippen LogP contribution in [-0.4, -0.2) is 16.0 Å². The Morgan fingerprint density at radius 2 is 2.27 bits per heavy atom. The number of aromatic nitrogens is 2. The molecule has 6 nitrogen and oxygen atoms in total. The zero-order valence-corrected chi connectivity index (χ0v) is 15.1. The number of nitrogens with two attached hydrogens (primary N) is 1. The van der Waals surface area contributed by atoms with Crippen LogP contribution in [0.4, 0.5) is 0 Å². The van der Waals surface area contributed by atoms with Crippen LogP contribution in [0, 0.1) is 0 Å². The Hall–Kier alpha value is -0.960. The Bertz CT molecular complexity index is 671. The lowest BCUT2D eigenvalue weighted by atomic mass is 9.77. The third-order valence-electron chi connectivity index (χ3n) is 3.65. The van der Waals surface area contributed by atoms with Gasteiger partial charge in [-0.15, -0.1) is 23.7 Å². The van der Waals surface area contributed by atoms with Gasteiger partial charge in [0.05, 0.1) is 14.2 Å². The Morgan fingerprint density at radius 1 is 1.55 bits per heavy atom. The molecule has 2 aromatic heterocycles. The van der Waals surface area contributed by atoms with E-state index in [0.29, 0.717) is 16.6 Å². The van der Waals surface area contributed by atoms with Crippen molar-refractivity contribution >= 4 is 45.6 Å². The molecule has 0 saturated heterocycles. The standard InChI is InChI=1S/C13H15BrN4O2S.ClH/c1-7(16-10(19)8-3-4-9(14)21-8)11-17-12(18-20-11)13(15)5-2-6-13;/h3-4,7H,2,5-6,15H2,1H3,(H,16,19);1H. The summed E-state index contributed by atoms with van der Waals surface area (Å²) in [6.45, 7) is 1.81. The molecule has 3 N–H and O–H groups in total. The number of hydrogen-bond acceptors (Lipinski definition) is 6. The van der Waals surface area contributed by atoms with E-state index in [4.69, 9.17) is 10.3 Å². The molecule has 0 radical (unpaired) electrons. The molecule has 1 amide bonds. The summed E-state index contributed by atoms with van der Waals surface area (Å²) in [7, 11) is 0. The fraction of sp³-hybridized carbons (Fsp3) is 0.462. The first kappa shape index (κ1) is 17.4. The number of amides is 1. The molecule has 2 aromatic rings. The van der Waals surface area contributed by atoms with Crippen molar-refractivity contribution in [1.29, 1.82) is 0 Å². The van der Waals surface area contributed by atoms with Gasteiger partial charge in [-0.3, -0.25) is 4.79 Å². The molecule has 1 atom stereocenters. The largest absolute Gasteiger partial charge is 0.340 e. The summed E-state index contributed by atoms with van der Waals surface area (Å²) in [6, 6.07) is 3.24. The summed E-state index contributed by atoms with van der Waals surface area (Å²) >= 11 is 4.71. The molecule has 1 saturated carbocycles. The molecule has 1 aliphatic rings. The summed E-state index contributed by atoms with van der Waals surface area (Å²) in [6.07, 6.45) is 2.83. The van der Waals surface area contributed by atoms with E-state index in [1.807, 2.05) is 13.0 Å². The van der Waals surface area contributed by atoms with Gasteiger partial charge in [0, 0.05) is 0 Å². The van der Waals surface area contributed by atoms with Crippen LogP contribution < -0.4 is 11.1 Å². The van der Waals surface area contributed by atoms with Crippen LogP contribution >= 0.6 is 39.7 Å². The maximum absolute atomic E-state index is 12.1. The summed E-state index contributed by atoms with van der Waals surface area (Å²) in [4.78, 5) is 17.0. The van der Waals surface area contributed by atoms with Crippen molar-refractivity contribution in [2.45, 2.75) is 37.8 Å². The van der Waals surface area contributed by atoms with E-state index in [0.717, 1.165) is 23.0 Å². The maximum Gasteiger partial charge on any atom is 0.262 e. The van der Waals surface area contributed by atoms with Gasteiger partial charge in [-0.25, -0.2) is 0 Å². The number of thiophene rings is 1. The molecule has 1 unspecified atom stereocenters. The second-order valence-corrected chi connectivity index (χ2v) is 7.73. The molecular formula is C13H16BrClN4O2S. The van der Waals surface area contributed by atoms with E-state index in [1.165, 1.54) is 11.3 Å². The quantitative estimate of drug-likeness (QED) is 0.812. The van der Waals surface area contributed by atoms with Crippen LogP contribution in [0.5, 0.6) is 0 Å². The lowest BCUT2D eigenvalue weighted by Gasteiger charge is -2.34. The average molecular weight is 408 g/mol. The second kappa shape index (κ2) is 6.66. The Morgan fingerprint density at radius 3 is 2.82 bits per heavy atom. The molecule has 1 aliphatic carbocycles. The predicted octanol–water partition coefficient (Wildman–Crippen LogP) is 3.14. The SMILES string of the molecule is CC(NC(=O)c1ccc(Br)s1)c1nc(C2(N)CCC2)no1.Cl. The van der Waals surface area contributed by atoms with Crippen LogP contribution in [0.3, 0.4) is 0 Å². The lowest BCUT2D eigenvalue weighted by Crippen LogP contribution is -2.44. The minimum atomic E-state index is -0.454. The zero-order chi connectivity index (χ0) is 15.0. The minimum Gasteiger partial charge on any atom is -0.340 e.